The second-order valence-corrected chi connectivity index (χ2v) is 8.56. The number of nitrogens with one attached hydrogen (secondary N) is 1. The number of carbonyl (C=O) groups excluding carboxylic acids is 1. The minimum atomic E-state index is -0.280. The molecule has 3 saturated carbocycles. The van der Waals surface area contributed by atoms with Gasteiger partial charge in [-0.2, -0.15) is 0 Å². The van der Waals surface area contributed by atoms with Crippen LogP contribution in [0.25, 0.3) is 0 Å². The molecular formula is C18H24BrNO. The summed E-state index contributed by atoms with van der Waals surface area (Å²) in [5.41, 5.74) is 3.23. The zero-order chi connectivity index (χ0) is 15.6. The zero-order valence-corrected chi connectivity index (χ0v) is 15.1. The van der Waals surface area contributed by atoms with Gasteiger partial charge in [-0.3, -0.25) is 4.79 Å². The summed E-state index contributed by atoms with van der Waals surface area (Å²) in [6, 6.07) is 6.21. The Bertz CT molecular complexity index is 624. The average Bonchev–Trinajstić information content (AvgIpc) is 2.82. The van der Waals surface area contributed by atoms with Crippen LogP contribution in [0.1, 0.15) is 44.7 Å². The van der Waals surface area contributed by atoms with Crippen molar-refractivity contribution in [1.29, 1.82) is 0 Å². The molecular weight excluding hydrogens is 326 g/mol. The number of hydrogen-bond acceptors (Lipinski definition) is 1. The van der Waals surface area contributed by atoms with Crippen molar-refractivity contribution < 1.29 is 4.79 Å². The van der Waals surface area contributed by atoms with E-state index in [1.165, 1.54) is 5.56 Å². The van der Waals surface area contributed by atoms with Crippen LogP contribution in [0, 0.1) is 30.1 Å². The van der Waals surface area contributed by atoms with Crippen LogP contribution in [0.4, 0.5) is 5.69 Å². The lowest BCUT2D eigenvalue weighted by molar-refractivity contribution is -0.156. The fraction of sp³-hybridized carbons (Fsp3) is 0.611. The molecule has 1 aromatic rings. The number of carbonyl (C=O) groups is 1. The number of anilines is 1. The van der Waals surface area contributed by atoms with Gasteiger partial charge in [0.05, 0.1) is 5.41 Å². The Balaban J connectivity index is 1.92. The number of alkyl halides is 1. The maximum absolute atomic E-state index is 13.1. The molecule has 3 aliphatic rings. The Morgan fingerprint density at radius 3 is 2.43 bits per heavy atom. The third-order valence-electron chi connectivity index (χ3n) is 6.62. The molecule has 0 aromatic heterocycles. The second kappa shape index (κ2) is 4.34. The summed E-state index contributed by atoms with van der Waals surface area (Å²) in [4.78, 5) is 13.3. The Labute approximate surface area is 135 Å². The first-order valence-electron chi connectivity index (χ1n) is 7.69. The van der Waals surface area contributed by atoms with Gasteiger partial charge in [0.25, 0.3) is 0 Å². The fourth-order valence-electron chi connectivity index (χ4n) is 4.56. The topological polar surface area (TPSA) is 29.1 Å². The summed E-state index contributed by atoms with van der Waals surface area (Å²) in [5, 5.41) is 3.21. The standard InChI is InChI=1S/C18H24BrNO/c1-11-6-7-12(2)13(10-11)20-15(21)18-9-8-17(5,14(18)19)16(18,3)4/h6-7,10,14H,8-9H2,1-5H3,(H,20,21). The van der Waals surface area contributed by atoms with Crippen LogP contribution in [-0.2, 0) is 4.79 Å². The molecule has 0 saturated heterocycles. The van der Waals surface area contributed by atoms with Gasteiger partial charge in [-0.25, -0.2) is 0 Å². The van der Waals surface area contributed by atoms with Gasteiger partial charge in [0, 0.05) is 10.5 Å². The average molecular weight is 350 g/mol. The van der Waals surface area contributed by atoms with E-state index in [1.54, 1.807) is 0 Å². The molecule has 0 heterocycles. The van der Waals surface area contributed by atoms with Crippen LogP contribution in [0.15, 0.2) is 18.2 Å². The minimum absolute atomic E-state index is 0.0377. The Morgan fingerprint density at radius 2 is 1.90 bits per heavy atom. The number of aryl methyl sites for hydroxylation is 2. The third kappa shape index (κ3) is 1.61. The van der Waals surface area contributed by atoms with Crippen molar-refractivity contribution in [3.05, 3.63) is 29.3 Å². The van der Waals surface area contributed by atoms with Gasteiger partial charge in [0.1, 0.15) is 0 Å². The van der Waals surface area contributed by atoms with Crippen molar-refractivity contribution in [3.8, 4) is 0 Å². The molecule has 3 atom stereocenters. The van der Waals surface area contributed by atoms with E-state index in [-0.39, 0.29) is 27.0 Å². The highest BCUT2D eigenvalue weighted by Gasteiger charge is 2.80. The van der Waals surface area contributed by atoms with E-state index in [4.69, 9.17) is 0 Å². The summed E-state index contributed by atoms with van der Waals surface area (Å²) in [6.45, 7) is 10.9. The minimum Gasteiger partial charge on any atom is -0.325 e. The van der Waals surface area contributed by atoms with Gasteiger partial charge in [0.15, 0.2) is 0 Å². The Hall–Kier alpha value is -0.830. The van der Waals surface area contributed by atoms with Crippen molar-refractivity contribution in [3.63, 3.8) is 0 Å². The van der Waals surface area contributed by atoms with Gasteiger partial charge in [-0.1, -0.05) is 48.8 Å². The highest BCUT2D eigenvalue weighted by Crippen LogP contribution is 2.79. The summed E-state index contributed by atoms with van der Waals surface area (Å²) in [7, 11) is 0. The Kier molecular flexibility index (Phi) is 3.12. The lowest BCUT2D eigenvalue weighted by Gasteiger charge is -2.64. The van der Waals surface area contributed by atoms with Gasteiger partial charge in [-0.05, 0) is 54.7 Å². The van der Waals surface area contributed by atoms with Crippen molar-refractivity contribution in [2.24, 2.45) is 16.2 Å². The van der Waals surface area contributed by atoms with E-state index in [0.717, 1.165) is 24.1 Å². The lowest BCUT2D eigenvalue weighted by atomic mass is 9.43. The number of fused-ring (bicyclic) bond motifs is 1. The number of amides is 1. The van der Waals surface area contributed by atoms with Crippen molar-refractivity contribution >= 4 is 27.5 Å². The van der Waals surface area contributed by atoms with Crippen LogP contribution in [0.2, 0.25) is 0 Å². The maximum Gasteiger partial charge on any atom is 0.232 e. The van der Waals surface area contributed by atoms with E-state index >= 15 is 0 Å². The molecule has 21 heavy (non-hydrogen) atoms. The molecule has 3 unspecified atom stereocenters. The largest absolute Gasteiger partial charge is 0.325 e. The smallest absolute Gasteiger partial charge is 0.232 e. The Morgan fingerprint density at radius 1 is 1.24 bits per heavy atom. The van der Waals surface area contributed by atoms with E-state index in [9.17, 15) is 4.79 Å². The highest BCUT2D eigenvalue weighted by molar-refractivity contribution is 9.09. The summed E-state index contributed by atoms with van der Waals surface area (Å²) < 4.78 is 0. The van der Waals surface area contributed by atoms with E-state index in [0.29, 0.717) is 0 Å². The molecule has 1 aromatic carbocycles. The van der Waals surface area contributed by atoms with Gasteiger partial charge in [0.2, 0.25) is 5.91 Å². The number of rotatable bonds is 2. The normalized spacial score (nSPS) is 36.2. The van der Waals surface area contributed by atoms with Gasteiger partial charge in [-0.15, -0.1) is 0 Å². The van der Waals surface area contributed by atoms with Crippen LogP contribution in [0.3, 0.4) is 0 Å². The number of hydrogen-bond donors (Lipinski definition) is 1. The molecule has 4 rings (SSSR count). The molecule has 3 heteroatoms. The zero-order valence-electron chi connectivity index (χ0n) is 13.5. The second-order valence-electron chi connectivity index (χ2n) is 7.65. The van der Waals surface area contributed by atoms with Crippen LogP contribution in [-0.4, -0.2) is 10.7 Å². The van der Waals surface area contributed by atoms with Crippen LogP contribution in [0.5, 0.6) is 0 Å². The monoisotopic (exact) mass is 349 g/mol. The van der Waals surface area contributed by atoms with Crippen molar-refractivity contribution in [2.45, 2.75) is 52.3 Å². The molecule has 2 nitrogen and oxygen atoms in total. The first-order valence-corrected chi connectivity index (χ1v) is 8.61. The molecule has 3 fully saturated rings. The third-order valence-corrected chi connectivity index (χ3v) is 8.41. The first kappa shape index (κ1) is 15.1. The van der Waals surface area contributed by atoms with Crippen LogP contribution >= 0.6 is 15.9 Å². The number of halogens is 1. The highest BCUT2D eigenvalue weighted by atomic mass is 79.9. The molecule has 2 bridgehead atoms. The van der Waals surface area contributed by atoms with E-state index in [2.05, 4.69) is 67.1 Å². The van der Waals surface area contributed by atoms with E-state index < -0.39 is 0 Å². The number of benzene rings is 1. The van der Waals surface area contributed by atoms with Crippen molar-refractivity contribution in [1.82, 2.24) is 0 Å². The molecule has 0 aliphatic heterocycles. The van der Waals surface area contributed by atoms with E-state index in [1.807, 2.05) is 6.92 Å². The quantitative estimate of drug-likeness (QED) is 0.761. The van der Waals surface area contributed by atoms with Gasteiger partial charge >= 0.3 is 0 Å². The predicted octanol–water partition coefficient (Wildman–Crippen LogP) is 4.83. The van der Waals surface area contributed by atoms with Crippen LogP contribution < -0.4 is 5.32 Å². The summed E-state index contributed by atoms with van der Waals surface area (Å²) in [6.07, 6.45) is 2.10. The molecule has 0 radical (unpaired) electrons. The molecule has 0 spiro atoms. The SMILES string of the molecule is Cc1ccc(C)c(NC(=O)C23CCC(C)(C2Br)C3(C)C)c1. The fourth-order valence-corrected chi connectivity index (χ4v) is 6.37. The predicted molar refractivity (Wildman–Crippen MR) is 90.8 cm³/mol. The summed E-state index contributed by atoms with van der Waals surface area (Å²) in [5.74, 6) is 0.179. The molecule has 3 aliphatic carbocycles. The lowest BCUT2D eigenvalue weighted by Crippen LogP contribution is -2.68. The van der Waals surface area contributed by atoms with Gasteiger partial charge < -0.3 is 5.32 Å². The van der Waals surface area contributed by atoms with Crippen molar-refractivity contribution in [2.75, 3.05) is 5.32 Å². The molecule has 114 valence electrons. The molecule has 1 N–H and O–H groups in total. The summed E-state index contributed by atoms with van der Waals surface area (Å²) >= 11 is 3.83. The maximum atomic E-state index is 13.1. The molecule has 1 amide bonds. The first-order chi connectivity index (χ1) is 9.67.